The lowest BCUT2D eigenvalue weighted by Gasteiger charge is -2.47. The number of nitrogens with zero attached hydrogens (tertiary/aromatic N) is 2. The summed E-state index contributed by atoms with van der Waals surface area (Å²) in [4.78, 5) is 7.69. The molecule has 0 fully saturated rings. The van der Waals surface area contributed by atoms with Crippen LogP contribution in [0.25, 0.3) is 33.0 Å². The SMILES string of the molecule is Cc1ccc2c(c1)-c1cc(N3c4ccccc4C(c4ccccc4)(c4ccccc4)c4ccc(N(c5ccccc5)c5ccc6ccccc6c5)cc43)cc3c1B(S2)Sc1ccc(C)cc1-3. The van der Waals surface area contributed by atoms with E-state index in [0.29, 0.717) is 0 Å². The lowest BCUT2D eigenvalue weighted by Crippen LogP contribution is -2.38. The van der Waals surface area contributed by atoms with Crippen LogP contribution in [0.4, 0.5) is 34.1 Å². The van der Waals surface area contributed by atoms with Crippen molar-refractivity contribution in [2.75, 3.05) is 9.80 Å². The van der Waals surface area contributed by atoms with Gasteiger partial charge >= 0.3 is 5.27 Å². The minimum absolute atomic E-state index is 0.257. The number of rotatable bonds is 6. The monoisotopic (exact) mass is 878 g/mol. The Morgan fingerprint density at radius 2 is 0.939 bits per heavy atom. The highest BCUT2D eigenvalue weighted by atomic mass is 32.2. The molecule has 66 heavy (non-hydrogen) atoms. The molecule has 5 heteroatoms. The molecular weight excluding hydrogens is 836 g/mol. The van der Waals surface area contributed by atoms with Crippen LogP contribution in [0.15, 0.2) is 234 Å². The molecule has 10 aromatic rings. The Morgan fingerprint density at radius 3 is 1.59 bits per heavy atom. The van der Waals surface area contributed by atoms with Crippen LogP contribution >= 0.6 is 23.2 Å². The maximum atomic E-state index is 2.59. The first kappa shape index (κ1) is 39.2. The van der Waals surface area contributed by atoms with E-state index in [1.165, 1.54) is 87.3 Å². The Kier molecular flexibility index (Phi) is 9.20. The fraction of sp³-hybridized carbons (Fsp3) is 0.0492. The maximum Gasteiger partial charge on any atom is 0.318 e. The second-order valence-electron chi connectivity index (χ2n) is 17.8. The molecule has 3 heterocycles. The standard InChI is InChI=1S/C61H43BN2S2/c1-40-26-32-58-50(34-40)52-37-49(38-53-51-35-41(2)27-33-59(51)66-62(65-58)60(52)53)64-56-25-15-14-24-54(56)61(44-18-6-3-7-19-44,45-20-8-4-9-21-45)55-31-30-48(39-57(55)64)63(46-22-10-5-11-23-46)47-29-28-42-16-12-13-17-43(42)36-47/h3-39H,1-2H3. The van der Waals surface area contributed by atoms with Crippen LogP contribution in [0.3, 0.4) is 0 Å². The van der Waals surface area contributed by atoms with Gasteiger partial charge in [-0.25, -0.2) is 0 Å². The first-order valence-electron chi connectivity index (χ1n) is 22.8. The molecule has 2 nitrogen and oxygen atoms in total. The summed E-state index contributed by atoms with van der Waals surface area (Å²) >= 11 is 4.00. The minimum Gasteiger partial charge on any atom is -0.310 e. The van der Waals surface area contributed by atoms with Crippen LogP contribution in [0.1, 0.15) is 33.4 Å². The Morgan fingerprint density at radius 1 is 0.409 bits per heavy atom. The number of anilines is 6. The van der Waals surface area contributed by atoms with Crippen molar-refractivity contribution in [3.8, 4) is 22.3 Å². The molecule has 0 bridgehead atoms. The summed E-state index contributed by atoms with van der Waals surface area (Å²) in [5.74, 6) is 0. The van der Waals surface area contributed by atoms with Gasteiger partial charge in [-0.05, 0) is 141 Å². The third-order valence-corrected chi connectivity index (χ3v) is 16.5. The fourth-order valence-corrected chi connectivity index (χ4v) is 13.9. The highest BCUT2D eigenvalue weighted by Crippen LogP contribution is 2.60. The first-order valence-corrected chi connectivity index (χ1v) is 24.5. The van der Waals surface area contributed by atoms with Crippen LogP contribution in [-0.2, 0) is 5.41 Å². The van der Waals surface area contributed by atoms with Gasteiger partial charge in [-0.15, -0.1) is 0 Å². The van der Waals surface area contributed by atoms with Crippen molar-refractivity contribution in [1.82, 2.24) is 0 Å². The molecule has 0 atom stereocenters. The molecule has 0 aromatic heterocycles. The van der Waals surface area contributed by atoms with E-state index in [4.69, 9.17) is 0 Å². The van der Waals surface area contributed by atoms with Crippen molar-refractivity contribution in [1.29, 1.82) is 0 Å². The van der Waals surface area contributed by atoms with E-state index < -0.39 is 5.41 Å². The van der Waals surface area contributed by atoms with Gasteiger partial charge in [0, 0.05) is 32.5 Å². The summed E-state index contributed by atoms with van der Waals surface area (Å²) in [7, 11) is 0. The molecule has 0 saturated carbocycles. The second kappa shape index (κ2) is 15.5. The summed E-state index contributed by atoms with van der Waals surface area (Å²) in [5, 5.41) is 2.69. The zero-order chi connectivity index (χ0) is 43.9. The zero-order valence-electron chi connectivity index (χ0n) is 36.7. The lowest BCUT2D eigenvalue weighted by atomic mass is 9.62. The summed E-state index contributed by atoms with van der Waals surface area (Å²) < 4.78 is 0. The van der Waals surface area contributed by atoms with Crippen molar-refractivity contribution >= 4 is 78.9 Å². The first-order chi connectivity index (χ1) is 32.5. The van der Waals surface area contributed by atoms with E-state index in [1.807, 2.05) is 23.2 Å². The average molecular weight is 879 g/mol. The molecule has 0 N–H and O–H groups in total. The molecule has 3 aliphatic rings. The normalized spacial score (nSPS) is 13.8. The summed E-state index contributed by atoms with van der Waals surface area (Å²) in [5.41, 5.74) is 20.4. The summed E-state index contributed by atoms with van der Waals surface area (Å²) in [6, 6.07) is 84.1. The Balaban J connectivity index is 1.14. The number of fused-ring (bicyclic) bond motifs is 7. The van der Waals surface area contributed by atoms with Crippen molar-refractivity contribution in [3.63, 3.8) is 0 Å². The van der Waals surface area contributed by atoms with Gasteiger partial charge in [0.25, 0.3) is 0 Å². The molecule has 0 saturated heterocycles. The van der Waals surface area contributed by atoms with Crippen molar-refractivity contribution in [2.24, 2.45) is 0 Å². The van der Waals surface area contributed by atoms with Crippen molar-refractivity contribution < 1.29 is 0 Å². The van der Waals surface area contributed by atoms with Gasteiger partial charge < -0.3 is 9.80 Å². The minimum atomic E-state index is -0.627. The van der Waals surface area contributed by atoms with E-state index in [2.05, 4.69) is 248 Å². The van der Waals surface area contributed by atoms with Gasteiger partial charge in [0.05, 0.1) is 16.8 Å². The number of hydrogen-bond acceptors (Lipinski definition) is 4. The molecular formula is C61H43BN2S2. The van der Waals surface area contributed by atoms with Crippen molar-refractivity contribution in [2.45, 2.75) is 29.1 Å². The predicted molar refractivity (Wildman–Crippen MR) is 283 cm³/mol. The molecule has 0 radical (unpaired) electrons. The number of hydrogen-bond donors (Lipinski definition) is 0. The smallest absolute Gasteiger partial charge is 0.310 e. The third-order valence-electron chi connectivity index (χ3n) is 13.8. The molecule has 0 spiro atoms. The van der Waals surface area contributed by atoms with Gasteiger partial charge in [-0.3, -0.25) is 0 Å². The molecule has 3 aliphatic heterocycles. The summed E-state index contributed by atoms with van der Waals surface area (Å²) in [6.45, 7) is 4.44. The fourth-order valence-electron chi connectivity index (χ4n) is 11.0. The predicted octanol–water partition coefficient (Wildman–Crippen LogP) is 16.3. The average Bonchev–Trinajstić information content (AvgIpc) is 3.37. The number of para-hydroxylation sites is 2. The molecule has 10 aromatic carbocycles. The van der Waals surface area contributed by atoms with Crippen LogP contribution < -0.4 is 15.3 Å². The van der Waals surface area contributed by atoms with Crippen LogP contribution in [0.5, 0.6) is 0 Å². The number of benzene rings is 10. The van der Waals surface area contributed by atoms with E-state index >= 15 is 0 Å². The molecule has 0 aliphatic carbocycles. The van der Waals surface area contributed by atoms with Gasteiger partial charge in [-0.2, -0.15) is 23.2 Å². The zero-order valence-corrected chi connectivity index (χ0v) is 38.3. The highest BCUT2D eigenvalue weighted by molar-refractivity contribution is 8.56. The van der Waals surface area contributed by atoms with Gasteiger partial charge in [0.1, 0.15) is 0 Å². The van der Waals surface area contributed by atoms with Crippen molar-refractivity contribution in [3.05, 3.63) is 258 Å². The van der Waals surface area contributed by atoms with Gasteiger partial charge in [0.15, 0.2) is 0 Å². The van der Waals surface area contributed by atoms with Crippen LogP contribution in [0.2, 0.25) is 0 Å². The number of aryl methyl sites for hydroxylation is 2. The Labute approximate surface area is 395 Å². The second-order valence-corrected chi connectivity index (χ2v) is 20.4. The molecule has 0 amide bonds. The lowest BCUT2D eigenvalue weighted by molar-refractivity contribution is 0.731. The molecule has 312 valence electrons. The highest BCUT2D eigenvalue weighted by Gasteiger charge is 2.47. The van der Waals surface area contributed by atoms with Gasteiger partial charge in [0.2, 0.25) is 0 Å². The third kappa shape index (κ3) is 6.07. The maximum absolute atomic E-state index is 2.59. The Bertz CT molecular complexity index is 3420. The quantitative estimate of drug-likeness (QED) is 0.153. The Hall–Kier alpha value is -7.18. The van der Waals surface area contributed by atoms with E-state index in [0.717, 1.165) is 28.4 Å². The topological polar surface area (TPSA) is 6.48 Å². The van der Waals surface area contributed by atoms with E-state index in [-0.39, 0.29) is 5.27 Å². The molecule has 13 rings (SSSR count). The summed E-state index contributed by atoms with van der Waals surface area (Å²) in [6.07, 6.45) is 0. The molecule has 0 unspecified atom stereocenters. The van der Waals surface area contributed by atoms with E-state index in [1.54, 1.807) is 0 Å². The van der Waals surface area contributed by atoms with E-state index in [9.17, 15) is 0 Å². The van der Waals surface area contributed by atoms with Crippen LogP contribution in [-0.4, -0.2) is 5.27 Å². The van der Waals surface area contributed by atoms with Gasteiger partial charge in [-0.1, -0.05) is 169 Å². The van der Waals surface area contributed by atoms with Crippen LogP contribution in [0, 0.1) is 13.8 Å². The largest absolute Gasteiger partial charge is 0.318 e.